The molecule has 0 spiro atoms. The molecule has 0 unspecified atom stereocenters. The molecular weight excluding hydrogens is 226 g/mol. The number of carbonyl (C=O) groups excluding carboxylic acids is 1. The number of nitrogens with zero attached hydrogens (tertiary/aromatic N) is 1. The summed E-state index contributed by atoms with van der Waals surface area (Å²) in [6, 6.07) is 0. The van der Waals surface area contributed by atoms with Crippen LogP contribution in [-0.2, 0) is 14.3 Å². The highest BCUT2D eigenvalue weighted by atomic mass is 16.6. The number of amides is 1. The molecule has 0 bridgehead atoms. The second-order valence-corrected chi connectivity index (χ2v) is 5.07. The van der Waals surface area contributed by atoms with Crippen LogP contribution < -0.4 is 0 Å². The fraction of sp³-hybridized carbons (Fsp3) is 0.818. The lowest BCUT2D eigenvalue weighted by Gasteiger charge is -2.46. The maximum absolute atomic E-state index is 11.6. The molecule has 0 atom stereocenters. The Morgan fingerprint density at radius 1 is 1.35 bits per heavy atom. The fourth-order valence-electron chi connectivity index (χ4n) is 1.59. The van der Waals surface area contributed by atoms with E-state index in [4.69, 9.17) is 14.6 Å². The molecule has 1 amide bonds. The third-order valence-electron chi connectivity index (χ3n) is 2.35. The number of carboxylic acids is 1. The molecule has 1 aliphatic heterocycles. The molecule has 6 nitrogen and oxygen atoms in total. The molecule has 1 heterocycles. The molecule has 1 rings (SSSR count). The van der Waals surface area contributed by atoms with Crippen LogP contribution in [-0.4, -0.2) is 53.0 Å². The second-order valence-electron chi connectivity index (χ2n) is 5.07. The fourth-order valence-corrected chi connectivity index (χ4v) is 1.59. The van der Waals surface area contributed by atoms with E-state index in [0.717, 1.165) is 0 Å². The number of hydrogen-bond acceptors (Lipinski definition) is 4. The molecule has 17 heavy (non-hydrogen) atoms. The standard InChI is InChI=1S/C11H19NO5/c1-5-16-11(8(13)14)6-12(7-11)9(15)17-10(2,3)4/h5-7H2,1-4H3,(H,13,14). The van der Waals surface area contributed by atoms with Crippen LogP contribution in [0.5, 0.6) is 0 Å². The SMILES string of the molecule is CCOC1(C(=O)O)CN(C(=O)OC(C)(C)C)C1. The van der Waals surface area contributed by atoms with E-state index in [1.807, 2.05) is 0 Å². The molecule has 0 saturated carbocycles. The summed E-state index contributed by atoms with van der Waals surface area (Å²) in [4.78, 5) is 24.0. The van der Waals surface area contributed by atoms with Gasteiger partial charge in [0.05, 0.1) is 13.1 Å². The average molecular weight is 245 g/mol. The van der Waals surface area contributed by atoms with Crippen molar-refractivity contribution in [2.75, 3.05) is 19.7 Å². The summed E-state index contributed by atoms with van der Waals surface area (Å²) >= 11 is 0. The van der Waals surface area contributed by atoms with Gasteiger partial charge in [-0.2, -0.15) is 0 Å². The monoisotopic (exact) mass is 245 g/mol. The Morgan fingerprint density at radius 3 is 2.24 bits per heavy atom. The van der Waals surface area contributed by atoms with Gasteiger partial charge in [0, 0.05) is 6.61 Å². The lowest BCUT2D eigenvalue weighted by atomic mass is 9.94. The summed E-state index contributed by atoms with van der Waals surface area (Å²) in [6.07, 6.45) is -0.505. The van der Waals surface area contributed by atoms with E-state index in [9.17, 15) is 9.59 Å². The van der Waals surface area contributed by atoms with E-state index in [1.165, 1.54) is 4.90 Å². The van der Waals surface area contributed by atoms with E-state index in [-0.39, 0.29) is 13.1 Å². The Bertz CT molecular complexity index is 314. The molecule has 98 valence electrons. The van der Waals surface area contributed by atoms with E-state index in [0.29, 0.717) is 6.61 Å². The zero-order valence-electron chi connectivity index (χ0n) is 10.6. The summed E-state index contributed by atoms with van der Waals surface area (Å²) in [7, 11) is 0. The first-order valence-corrected chi connectivity index (χ1v) is 5.55. The smallest absolute Gasteiger partial charge is 0.410 e. The predicted molar refractivity (Wildman–Crippen MR) is 59.8 cm³/mol. The van der Waals surface area contributed by atoms with Crippen LogP contribution in [0.2, 0.25) is 0 Å². The minimum absolute atomic E-state index is 0.0328. The largest absolute Gasteiger partial charge is 0.479 e. The van der Waals surface area contributed by atoms with Crippen molar-refractivity contribution in [3.05, 3.63) is 0 Å². The number of carbonyl (C=O) groups is 2. The molecule has 1 fully saturated rings. The zero-order valence-corrected chi connectivity index (χ0v) is 10.6. The summed E-state index contributed by atoms with van der Waals surface area (Å²) < 4.78 is 10.3. The van der Waals surface area contributed by atoms with Gasteiger partial charge < -0.3 is 19.5 Å². The van der Waals surface area contributed by atoms with Crippen LogP contribution >= 0.6 is 0 Å². The van der Waals surface area contributed by atoms with Crippen molar-refractivity contribution in [3.8, 4) is 0 Å². The molecule has 0 aromatic rings. The van der Waals surface area contributed by atoms with Crippen molar-refractivity contribution >= 4 is 12.1 Å². The van der Waals surface area contributed by atoms with Gasteiger partial charge in [-0.1, -0.05) is 0 Å². The third kappa shape index (κ3) is 3.09. The molecule has 1 saturated heterocycles. The van der Waals surface area contributed by atoms with Gasteiger partial charge in [0.1, 0.15) is 5.60 Å². The van der Waals surface area contributed by atoms with Crippen molar-refractivity contribution in [2.24, 2.45) is 0 Å². The van der Waals surface area contributed by atoms with Crippen LogP contribution in [0.15, 0.2) is 0 Å². The Hall–Kier alpha value is -1.30. The molecule has 1 N–H and O–H groups in total. The maximum Gasteiger partial charge on any atom is 0.410 e. The first kappa shape index (κ1) is 13.8. The number of ether oxygens (including phenoxy) is 2. The van der Waals surface area contributed by atoms with Crippen molar-refractivity contribution in [1.29, 1.82) is 0 Å². The van der Waals surface area contributed by atoms with Gasteiger partial charge in [-0.05, 0) is 27.7 Å². The Morgan fingerprint density at radius 2 is 1.88 bits per heavy atom. The molecule has 6 heteroatoms. The normalized spacial score (nSPS) is 18.5. The number of likely N-dealkylation sites (tertiary alicyclic amines) is 1. The van der Waals surface area contributed by atoms with E-state index < -0.39 is 23.3 Å². The molecular formula is C11H19NO5. The topological polar surface area (TPSA) is 76.1 Å². The van der Waals surface area contributed by atoms with Crippen LogP contribution in [0.4, 0.5) is 4.79 Å². The van der Waals surface area contributed by atoms with Gasteiger partial charge in [-0.25, -0.2) is 9.59 Å². The van der Waals surface area contributed by atoms with Gasteiger partial charge in [-0.15, -0.1) is 0 Å². The van der Waals surface area contributed by atoms with Gasteiger partial charge in [-0.3, -0.25) is 0 Å². The average Bonchev–Trinajstić information content (AvgIpc) is 2.06. The van der Waals surface area contributed by atoms with Crippen LogP contribution in [0, 0.1) is 0 Å². The highest BCUT2D eigenvalue weighted by Gasteiger charge is 2.53. The third-order valence-corrected chi connectivity index (χ3v) is 2.35. The van der Waals surface area contributed by atoms with Crippen molar-refractivity contribution < 1.29 is 24.2 Å². The second kappa shape index (κ2) is 4.52. The lowest BCUT2D eigenvalue weighted by molar-refractivity contribution is -0.187. The van der Waals surface area contributed by atoms with Crippen LogP contribution in [0.1, 0.15) is 27.7 Å². The molecule has 1 aliphatic rings. The van der Waals surface area contributed by atoms with E-state index >= 15 is 0 Å². The number of rotatable bonds is 3. The summed E-state index contributed by atoms with van der Waals surface area (Å²) in [5, 5.41) is 9.04. The van der Waals surface area contributed by atoms with Crippen molar-refractivity contribution in [3.63, 3.8) is 0 Å². The number of carboxylic acid groups (broad SMARTS) is 1. The van der Waals surface area contributed by atoms with Gasteiger partial charge in [0.15, 0.2) is 5.60 Å². The highest BCUT2D eigenvalue weighted by molar-refractivity contribution is 5.83. The summed E-state index contributed by atoms with van der Waals surface area (Å²) in [5.74, 6) is -1.04. The Kier molecular flexibility index (Phi) is 3.66. The number of aliphatic carboxylic acids is 1. The van der Waals surface area contributed by atoms with Crippen LogP contribution in [0.3, 0.4) is 0 Å². The maximum atomic E-state index is 11.6. The van der Waals surface area contributed by atoms with Gasteiger partial charge in [0.2, 0.25) is 0 Å². The molecule has 0 aromatic heterocycles. The number of hydrogen-bond donors (Lipinski definition) is 1. The van der Waals surface area contributed by atoms with Crippen LogP contribution in [0.25, 0.3) is 0 Å². The van der Waals surface area contributed by atoms with Crippen molar-refractivity contribution in [2.45, 2.75) is 38.9 Å². The van der Waals surface area contributed by atoms with Gasteiger partial charge in [0.25, 0.3) is 0 Å². The van der Waals surface area contributed by atoms with Gasteiger partial charge >= 0.3 is 12.1 Å². The first-order valence-electron chi connectivity index (χ1n) is 5.55. The summed E-state index contributed by atoms with van der Waals surface area (Å²) in [6.45, 7) is 7.37. The minimum Gasteiger partial charge on any atom is -0.479 e. The molecule has 0 radical (unpaired) electrons. The summed E-state index contributed by atoms with van der Waals surface area (Å²) in [5.41, 5.74) is -1.84. The van der Waals surface area contributed by atoms with Crippen molar-refractivity contribution in [1.82, 2.24) is 4.90 Å². The minimum atomic E-state index is -1.26. The molecule has 0 aromatic carbocycles. The Balaban J connectivity index is 2.54. The highest BCUT2D eigenvalue weighted by Crippen LogP contribution is 2.27. The zero-order chi connectivity index (χ0) is 13.3. The molecule has 0 aliphatic carbocycles. The quantitative estimate of drug-likeness (QED) is 0.805. The van der Waals surface area contributed by atoms with E-state index in [2.05, 4.69) is 0 Å². The Labute approximate surface area is 100 Å². The predicted octanol–water partition coefficient (Wildman–Crippen LogP) is 1.10. The van der Waals surface area contributed by atoms with E-state index in [1.54, 1.807) is 27.7 Å². The lowest BCUT2D eigenvalue weighted by Crippen LogP contribution is -2.69. The first-order chi connectivity index (χ1) is 7.70.